The van der Waals surface area contributed by atoms with Crippen LogP contribution in [0.2, 0.25) is 0 Å². The number of amides is 1. The van der Waals surface area contributed by atoms with Gasteiger partial charge in [-0.3, -0.25) is 14.2 Å². The van der Waals surface area contributed by atoms with E-state index in [0.717, 1.165) is 12.6 Å². The van der Waals surface area contributed by atoms with E-state index in [0.29, 0.717) is 17.3 Å². The largest absolute Gasteiger partial charge is 0.433 e. The number of alkyl halides is 3. The van der Waals surface area contributed by atoms with Crippen molar-refractivity contribution in [2.45, 2.75) is 12.7 Å². The van der Waals surface area contributed by atoms with E-state index in [1.807, 2.05) is 0 Å². The molecule has 1 N–H and O–H groups in total. The highest BCUT2D eigenvalue weighted by molar-refractivity contribution is 6.02. The number of rotatable bonds is 4. The summed E-state index contributed by atoms with van der Waals surface area (Å²) in [6.07, 6.45) is -3.02. The van der Waals surface area contributed by atoms with Gasteiger partial charge in [-0.05, 0) is 17.7 Å². The Morgan fingerprint density at radius 1 is 1.15 bits per heavy atom. The molecule has 0 atom stereocenters. The first-order valence-corrected chi connectivity index (χ1v) is 7.43. The molecule has 1 aromatic carbocycles. The molecule has 0 spiro atoms. The molecule has 0 radical (unpaired) electrons. The Morgan fingerprint density at radius 3 is 2.46 bits per heavy atom. The van der Waals surface area contributed by atoms with Crippen molar-refractivity contribution in [2.75, 3.05) is 5.32 Å². The SMILES string of the molecule is Cn1nc(C(=O)Nc2ccn(Cc3ccc(F)cc3)n2)cc1C(F)(F)F. The van der Waals surface area contributed by atoms with Crippen molar-refractivity contribution in [3.05, 3.63) is 65.4 Å². The smallest absolute Gasteiger partial charge is 0.304 e. The van der Waals surface area contributed by atoms with Crippen molar-refractivity contribution in [3.63, 3.8) is 0 Å². The molecule has 136 valence electrons. The van der Waals surface area contributed by atoms with Crippen molar-refractivity contribution in [1.82, 2.24) is 19.6 Å². The fourth-order valence-electron chi connectivity index (χ4n) is 2.32. The van der Waals surface area contributed by atoms with E-state index in [-0.39, 0.29) is 17.3 Å². The number of nitrogens with one attached hydrogen (secondary N) is 1. The molecular formula is C16H13F4N5O. The van der Waals surface area contributed by atoms with Gasteiger partial charge in [-0.2, -0.15) is 23.4 Å². The molecule has 0 aliphatic rings. The van der Waals surface area contributed by atoms with Crippen molar-refractivity contribution in [1.29, 1.82) is 0 Å². The number of halogens is 4. The number of hydrogen-bond acceptors (Lipinski definition) is 3. The van der Waals surface area contributed by atoms with Crippen LogP contribution in [0.15, 0.2) is 42.6 Å². The van der Waals surface area contributed by atoms with Crippen LogP contribution in [0.25, 0.3) is 0 Å². The van der Waals surface area contributed by atoms with Crippen LogP contribution in [0, 0.1) is 5.82 Å². The van der Waals surface area contributed by atoms with Crippen molar-refractivity contribution < 1.29 is 22.4 Å². The van der Waals surface area contributed by atoms with Gasteiger partial charge < -0.3 is 5.32 Å². The predicted octanol–water partition coefficient (Wildman–Crippen LogP) is 3.08. The molecule has 10 heteroatoms. The Bertz CT molecular complexity index is 927. The van der Waals surface area contributed by atoms with Gasteiger partial charge in [0.15, 0.2) is 11.5 Å². The van der Waals surface area contributed by atoms with Crippen LogP contribution in [0.4, 0.5) is 23.4 Å². The van der Waals surface area contributed by atoms with E-state index in [9.17, 15) is 22.4 Å². The van der Waals surface area contributed by atoms with Gasteiger partial charge in [0, 0.05) is 25.4 Å². The van der Waals surface area contributed by atoms with Gasteiger partial charge in [0.25, 0.3) is 5.91 Å². The Morgan fingerprint density at radius 2 is 1.85 bits per heavy atom. The van der Waals surface area contributed by atoms with Crippen LogP contribution in [0.5, 0.6) is 0 Å². The Hall–Kier alpha value is -3.17. The molecule has 0 aliphatic heterocycles. The molecule has 26 heavy (non-hydrogen) atoms. The molecule has 1 amide bonds. The van der Waals surface area contributed by atoms with Gasteiger partial charge in [0.2, 0.25) is 0 Å². The number of carbonyl (C=O) groups excluding carboxylic acids is 1. The third-order valence-corrected chi connectivity index (χ3v) is 3.54. The highest BCUT2D eigenvalue weighted by Gasteiger charge is 2.35. The average Bonchev–Trinajstić information content (AvgIpc) is 3.16. The fraction of sp³-hybridized carbons (Fsp3) is 0.188. The molecule has 2 heterocycles. The van der Waals surface area contributed by atoms with Gasteiger partial charge in [-0.1, -0.05) is 12.1 Å². The molecule has 2 aromatic heterocycles. The first kappa shape index (κ1) is 17.6. The Kier molecular flexibility index (Phi) is 4.49. The summed E-state index contributed by atoms with van der Waals surface area (Å²) < 4.78 is 53.3. The molecule has 0 saturated heterocycles. The molecule has 0 unspecified atom stereocenters. The normalized spacial score (nSPS) is 11.6. The van der Waals surface area contributed by atoms with Crippen molar-refractivity contribution in [3.8, 4) is 0 Å². The van der Waals surface area contributed by atoms with Gasteiger partial charge in [0.1, 0.15) is 11.5 Å². The highest BCUT2D eigenvalue weighted by Crippen LogP contribution is 2.29. The number of aryl methyl sites for hydroxylation is 1. The molecule has 6 nitrogen and oxygen atoms in total. The van der Waals surface area contributed by atoms with Crippen molar-refractivity contribution in [2.24, 2.45) is 7.05 Å². The number of benzene rings is 1. The monoisotopic (exact) mass is 367 g/mol. The van der Waals surface area contributed by atoms with E-state index < -0.39 is 17.8 Å². The topological polar surface area (TPSA) is 64.7 Å². The van der Waals surface area contributed by atoms with E-state index in [1.54, 1.807) is 18.3 Å². The lowest BCUT2D eigenvalue weighted by molar-refractivity contribution is -0.143. The minimum atomic E-state index is -4.60. The molecule has 0 saturated carbocycles. The minimum Gasteiger partial charge on any atom is -0.304 e. The summed E-state index contributed by atoms with van der Waals surface area (Å²) in [7, 11) is 1.11. The van der Waals surface area contributed by atoms with Gasteiger partial charge >= 0.3 is 6.18 Å². The van der Waals surface area contributed by atoms with E-state index in [4.69, 9.17) is 0 Å². The highest BCUT2D eigenvalue weighted by atomic mass is 19.4. The quantitative estimate of drug-likeness (QED) is 0.721. The second-order valence-corrected chi connectivity index (χ2v) is 5.52. The zero-order chi connectivity index (χ0) is 18.9. The van der Waals surface area contributed by atoms with Crippen LogP contribution in [-0.2, 0) is 19.8 Å². The number of hydrogen-bond donors (Lipinski definition) is 1. The summed E-state index contributed by atoms with van der Waals surface area (Å²) in [5, 5.41) is 10.1. The number of carbonyl (C=O) groups is 1. The van der Waals surface area contributed by atoms with E-state index in [1.165, 1.54) is 22.9 Å². The Balaban J connectivity index is 1.69. The first-order chi connectivity index (χ1) is 12.2. The first-order valence-electron chi connectivity index (χ1n) is 7.43. The summed E-state index contributed by atoms with van der Waals surface area (Å²) in [5.74, 6) is -0.991. The molecular weight excluding hydrogens is 354 g/mol. The summed E-state index contributed by atoms with van der Waals surface area (Å²) >= 11 is 0. The number of anilines is 1. The second-order valence-electron chi connectivity index (χ2n) is 5.52. The third-order valence-electron chi connectivity index (χ3n) is 3.54. The lowest BCUT2D eigenvalue weighted by atomic mass is 10.2. The minimum absolute atomic E-state index is 0.163. The summed E-state index contributed by atoms with van der Waals surface area (Å²) in [4.78, 5) is 12.1. The van der Waals surface area contributed by atoms with Crippen LogP contribution >= 0.6 is 0 Å². The molecule has 0 aliphatic carbocycles. The molecule has 0 bridgehead atoms. The fourth-order valence-corrected chi connectivity index (χ4v) is 2.32. The van der Waals surface area contributed by atoms with Gasteiger partial charge in [-0.15, -0.1) is 0 Å². The lowest BCUT2D eigenvalue weighted by Crippen LogP contribution is -2.14. The van der Waals surface area contributed by atoms with Crippen LogP contribution in [0.3, 0.4) is 0 Å². The molecule has 0 fully saturated rings. The van der Waals surface area contributed by atoms with Crippen LogP contribution in [-0.4, -0.2) is 25.5 Å². The predicted molar refractivity (Wildman–Crippen MR) is 83.9 cm³/mol. The Labute approximate surface area is 145 Å². The third kappa shape index (κ3) is 3.90. The van der Waals surface area contributed by atoms with E-state index >= 15 is 0 Å². The zero-order valence-corrected chi connectivity index (χ0v) is 13.5. The maximum Gasteiger partial charge on any atom is 0.433 e. The lowest BCUT2D eigenvalue weighted by Gasteiger charge is -2.04. The summed E-state index contributed by atoms with van der Waals surface area (Å²) in [6.45, 7) is 0.345. The van der Waals surface area contributed by atoms with Gasteiger partial charge in [-0.25, -0.2) is 4.39 Å². The maximum absolute atomic E-state index is 12.9. The zero-order valence-electron chi connectivity index (χ0n) is 13.5. The number of nitrogens with zero attached hydrogens (tertiary/aromatic N) is 4. The number of aromatic nitrogens is 4. The average molecular weight is 367 g/mol. The van der Waals surface area contributed by atoms with Crippen LogP contribution in [0.1, 0.15) is 21.7 Å². The van der Waals surface area contributed by atoms with E-state index in [2.05, 4.69) is 15.5 Å². The van der Waals surface area contributed by atoms with Crippen molar-refractivity contribution >= 4 is 11.7 Å². The summed E-state index contributed by atoms with van der Waals surface area (Å²) in [5.41, 5.74) is -0.593. The molecule has 3 aromatic rings. The second kappa shape index (κ2) is 6.62. The standard InChI is InChI=1S/C16H13F4N5O/c1-24-13(16(18,19)20)8-12(22-24)15(26)21-14-6-7-25(23-14)9-10-2-4-11(17)5-3-10/h2-8H,9H2,1H3,(H,21,23,26). The maximum atomic E-state index is 12.9. The summed E-state index contributed by atoms with van der Waals surface area (Å²) in [6, 6.07) is 8.01. The van der Waals surface area contributed by atoms with Crippen LogP contribution < -0.4 is 5.32 Å². The van der Waals surface area contributed by atoms with Gasteiger partial charge in [0.05, 0.1) is 6.54 Å². The molecule has 3 rings (SSSR count).